The van der Waals surface area contributed by atoms with Crippen LogP contribution in [0.25, 0.3) is 0 Å². The van der Waals surface area contributed by atoms with E-state index in [2.05, 4.69) is 13.5 Å². The number of esters is 1. The fourth-order valence-electron chi connectivity index (χ4n) is 1.06. The van der Waals surface area contributed by atoms with Gasteiger partial charge in [0.15, 0.2) is 0 Å². The van der Waals surface area contributed by atoms with Gasteiger partial charge in [-0.1, -0.05) is 26.3 Å². The summed E-state index contributed by atoms with van der Waals surface area (Å²) in [6.07, 6.45) is 3.55. The first-order valence-electron chi connectivity index (χ1n) is 5.09. The zero-order chi connectivity index (χ0) is 11.0. The van der Waals surface area contributed by atoms with Crippen molar-refractivity contribution in [3.8, 4) is 0 Å². The average Bonchev–Trinajstić information content (AvgIpc) is 2.16. The first-order chi connectivity index (χ1) is 6.61. The molecule has 14 heavy (non-hydrogen) atoms. The van der Waals surface area contributed by atoms with Crippen LogP contribution in [0.4, 0.5) is 0 Å². The zero-order valence-corrected chi connectivity index (χ0v) is 9.08. The third-order valence-electron chi connectivity index (χ3n) is 1.96. The van der Waals surface area contributed by atoms with Crippen molar-refractivity contribution in [1.29, 1.82) is 0 Å². The third kappa shape index (κ3) is 5.75. The molecular weight excluding hydrogens is 180 g/mol. The van der Waals surface area contributed by atoms with Crippen LogP contribution in [-0.2, 0) is 9.53 Å². The predicted octanol–water partition coefficient (Wildman–Crippen LogP) is 2.05. The largest absolute Gasteiger partial charge is 0.457 e. The summed E-state index contributed by atoms with van der Waals surface area (Å²) in [6, 6.07) is 0. The van der Waals surface area contributed by atoms with Gasteiger partial charge < -0.3 is 9.84 Å². The molecule has 0 aromatic rings. The molecule has 0 aliphatic rings. The number of hydrogen-bond acceptors (Lipinski definition) is 3. The summed E-state index contributed by atoms with van der Waals surface area (Å²) in [4.78, 5) is 11.1. The number of carbonyl (C=O) groups is 1. The number of ether oxygens (including phenoxy) is 1. The Morgan fingerprint density at radius 1 is 1.50 bits per heavy atom. The Morgan fingerprint density at radius 3 is 2.57 bits per heavy atom. The van der Waals surface area contributed by atoms with Crippen LogP contribution < -0.4 is 0 Å². The van der Waals surface area contributed by atoms with Gasteiger partial charge in [0.25, 0.3) is 0 Å². The Hall–Kier alpha value is -0.830. The number of rotatable bonds is 7. The van der Waals surface area contributed by atoms with Crippen LogP contribution in [0.5, 0.6) is 0 Å². The molecule has 0 fully saturated rings. The Morgan fingerprint density at radius 2 is 2.14 bits per heavy atom. The van der Waals surface area contributed by atoms with Crippen LogP contribution in [0.3, 0.4) is 0 Å². The molecule has 0 radical (unpaired) electrons. The van der Waals surface area contributed by atoms with Gasteiger partial charge in [-0.3, -0.25) is 0 Å². The highest BCUT2D eigenvalue weighted by Gasteiger charge is 2.13. The summed E-state index contributed by atoms with van der Waals surface area (Å²) in [5.41, 5.74) is 0.374. The standard InChI is InChI=1S/C11H20O3/c1-4-5-6-7-10(8-12)14-11(13)9(2)3/h10,12H,2,4-8H2,1,3H3. The Bertz CT molecular complexity index is 187. The summed E-state index contributed by atoms with van der Waals surface area (Å²) in [5, 5.41) is 8.95. The SMILES string of the molecule is C=C(C)C(=O)OC(CO)CCCCC. The van der Waals surface area contributed by atoms with E-state index in [-0.39, 0.29) is 12.7 Å². The second-order valence-electron chi connectivity index (χ2n) is 3.49. The number of aliphatic hydroxyl groups is 1. The monoisotopic (exact) mass is 200 g/mol. The molecule has 82 valence electrons. The first-order valence-corrected chi connectivity index (χ1v) is 5.09. The molecule has 0 bridgehead atoms. The van der Waals surface area contributed by atoms with Crippen molar-refractivity contribution in [2.24, 2.45) is 0 Å². The summed E-state index contributed by atoms with van der Waals surface area (Å²) in [6.45, 7) is 7.08. The molecule has 3 nitrogen and oxygen atoms in total. The molecule has 1 atom stereocenters. The van der Waals surface area contributed by atoms with E-state index in [1.807, 2.05) is 0 Å². The third-order valence-corrected chi connectivity index (χ3v) is 1.96. The van der Waals surface area contributed by atoms with Gasteiger partial charge in [0, 0.05) is 5.57 Å². The molecule has 0 spiro atoms. The van der Waals surface area contributed by atoms with Crippen molar-refractivity contribution < 1.29 is 14.6 Å². The van der Waals surface area contributed by atoms with Crippen LogP contribution in [-0.4, -0.2) is 23.8 Å². The van der Waals surface area contributed by atoms with Gasteiger partial charge in [0.1, 0.15) is 6.10 Å². The fraction of sp³-hybridized carbons (Fsp3) is 0.727. The van der Waals surface area contributed by atoms with Gasteiger partial charge in [-0.15, -0.1) is 0 Å². The van der Waals surface area contributed by atoms with E-state index < -0.39 is 5.97 Å². The molecule has 0 aliphatic heterocycles. The minimum atomic E-state index is -0.416. The second kappa shape index (κ2) is 7.56. The molecule has 0 aromatic carbocycles. The van der Waals surface area contributed by atoms with Gasteiger partial charge >= 0.3 is 5.97 Å². The molecule has 0 heterocycles. The lowest BCUT2D eigenvalue weighted by atomic mass is 10.1. The fourth-order valence-corrected chi connectivity index (χ4v) is 1.06. The first kappa shape index (κ1) is 13.2. The second-order valence-corrected chi connectivity index (χ2v) is 3.49. The molecule has 3 heteroatoms. The molecule has 0 saturated carbocycles. The average molecular weight is 200 g/mol. The van der Waals surface area contributed by atoms with E-state index in [1.54, 1.807) is 6.92 Å². The minimum absolute atomic E-state index is 0.108. The lowest BCUT2D eigenvalue weighted by molar-refractivity contribution is -0.146. The number of unbranched alkanes of at least 4 members (excludes halogenated alkanes) is 2. The zero-order valence-electron chi connectivity index (χ0n) is 9.08. The maximum absolute atomic E-state index is 11.1. The predicted molar refractivity (Wildman–Crippen MR) is 55.9 cm³/mol. The van der Waals surface area contributed by atoms with Crippen molar-refractivity contribution in [3.05, 3.63) is 12.2 Å². The molecule has 0 saturated heterocycles. The van der Waals surface area contributed by atoms with Crippen LogP contribution in [0.1, 0.15) is 39.5 Å². The summed E-state index contributed by atoms with van der Waals surface area (Å²) in [5.74, 6) is -0.416. The molecule has 1 unspecified atom stereocenters. The maximum Gasteiger partial charge on any atom is 0.333 e. The quantitative estimate of drug-likeness (QED) is 0.388. The number of hydrogen-bond donors (Lipinski definition) is 1. The minimum Gasteiger partial charge on any atom is -0.457 e. The van der Waals surface area contributed by atoms with E-state index in [4.69, 9.17) is 9.84 Å². The van der Waals surface area contributed by atoms with Crippen molar-refractivity contribution in [1.82, 2.24) is 0 Å². The van der Waals surface area contributed by atoms with Crippen LogP contribution >= 0.6 is 0 Å². The normalized spacial score (nSPS) is 12.2. The molecule has 0 aliphatic carbocycles. The summed E-state index contributed by atoms with van der Waals surface area (Å²) < 4.78 is 5.02. The van der Waals surface area contributed by atoms with Crippen LogP contribution in [0.2, 0.25) is 0 Å². The Kier molecular flexibility index (Phi) is 7.11. The molecule has 0 aromatic heterocycles. The van der Waals surface area contributed by atoms with Crippen LogP contribution in [0.15, 0.2) is 12.2 Å². The van der Waals surface area contributed by atoms with E-state index in [0.29, 0.717) is 5.57 Å². The maximum atomic E-state index is 11.1. The summed E-state index contributed by atoms with van der Waals surface area (Å²) in [7, 11) is 0. The van der Waals surface area contributed by atoms with Crippen molar-refractivity contribution in [2.75, 3.05) is 6.61 Å². The highest BCUT2D eigenvalue weighted by atomic mass is 16.6. The van der Waals surface area contributed by atoms with Gasteiger partial charge in [0.2, 0.25) is 0 Å². The summed E-state index contributed by atoms with van der Waals surface area (Å²) >= 11 is 0. The number of aliphatic hydroxyl groups excluding tert-OH is 1. The molecule has 1 N–H and O–H groups in total. The van der Waals surface area contributed by atoms with Gasteiger partial charge in [-0.2, -0.15) is 0 Å². The smallest absolute Gasteiger partial charge is 0.333 e. The highest BCUT2D eigenvalue weighted by Crippen LogP contribution is 2.08. The lowest BCUT2D eigenvalue weighted by Gasteiger charge is -2.14. The molecule has 0 rings (SSSR count). The van der Waals surface area contributed by atoms with Crippen molar-refractivity contribution in [2.45, 2.75) is 45.6 Å². The van der Waals surface area contributed by atoms with E-state index in [1.165, 1.54) is 0 Å². The highest BCUT2D eigenvalue weighted by molar-refractivity contribution is 5.87. The number of carbonyl (C=O) groups excluding carboxylic acids is 1. The lowest BCUT2D eigenvalue weighted by Crippen LogP contribution is -2.22. The Balaban J connectivity index is 3.78. The van der Waals surface area contributed by atoms with Crippen molar-refractivity contribution in [3.63, 3.8) is 0 Å². The van der Waals surface area contributed by atoms with E-state index in [9.17, 15) is 4.79 Å². The van der Waals surface area contributed by atoms with Gasteiger partial charge in [-0.05, 0) is 19.8 Å². The van der Waals surface area contributed by atoms with Crippen molar-refractivity contribution >= 4 is 5.97 Å². The van der Waals surface area contributed by atoms with Crippen LogP contribution in [0, 0.1) is 0 Å². The van der Waals surface area contributed by atoms with E-state index >= 15 is 0 Å². The van der Waals surface area contributed by atoms with Gasteiger partial charge in [0.05, 0.1) is 6.61 Å². The van der Waals surface area contributed by atoms with E-state index in [0.717, 1.165) is 25.7 Å². The van der Waals surface area contributed by atoms with Gasteiger partial charge in [-0.25, -0.2) is 4.79 Å². The topological polar surface area (TPSA) is 46.5 Å². The Labute approximate surface area is 85.8 Å². The molecular formula is C11H20O3. The molecule has 0 amide bonds.